The van der Waals surface area contributed by atoms with Gasteiger partial charge in [-0.1, -0.05) is 13.3 Å². The third-order valence-electron chi connectivity index (χ3n) is 7.58. The van der Waals surface area contributed by atoms with Crippen LogP contribution in [0, 0.1) is 11.8 Å². The number of rotatable bonds is 7. The number of nitrogens with zero attached hydrogens (tertiary/aromatic N) is 1. The molecule has 3 aliphatic carbocycles. The van der Waals surface area contributed by atoms with E-state index in [1.54, 1.807) is 6.07 Å². The number of carbonyl (C=O) groups excluding carboxylic acids is 3. The van der Waals surface area contributed by atoms with Crippen LogP contribution < -0.4 is 16.0 Å². The van der Waals surface area contributed by atoms with Crippen LogP contribution in [0.5, 0.6) is 5.75 Å². The number of ketones is 2. The Kier molecular flexibility index (Phi) is 6.61. The minimum Gasteiger partial charge on any atom is -0.508 e. The summed E-state index contributed by atoms with van der Waals surface area (Å²) in [5, 5.41) is 47.5. The van der Waals surface area contributed by atoms with Gasteiger partial charge < -0.3 is 36.4 Å². The van der Waals surface area contributed by atoms with E-state index in [9.17, 15) is 34.8 Å². The number of unbranched alkanes of at least 4 members (excludes halogenated alkanes) is 1. The first-order chi connectivity index (χ1) is 16.9. The number of phenols is 1. The van der Waals surface area contributed by atoms with E-state index in [4.69, 9.17) is 5.73 Å². The standard InChI is InChI=1S/C26H33N3O7/c1-4-5-6-28-11-13-9-16(30)19-15(21(13)29(2)3)8-12-7-14-10-17(31)20(25(27)35)24(34)26(14,36)23(33)18(12)22(19)32/h9,12,14,28,30,32,34,36H,4-8,10-11H2,1-3H3,(H2,27,35)/t12?,14-,26-/m0/s1. The number of carbonyl (C=O) groups is 3. The lowest BCUT2D eigenvalue weighted by molar-refractivity contribution is -0.147. The number of amides is 1. The number of aromatic hydroxyl groups is 1. The predicted molar refractivity (Wildman–Crippen MR) is 132 cm³/mol. The summed E-state index contributed by atoms with van der Waals surface area (Å²) in [6.45, 7) is 3.41. The SMILES string of the molecule is CCCCNCc1cc(O)c2c(c1N(C)C)CC1C[C@H]3CC(=O)C(C(N)=O)=C(O)[C@@]3(O)C(=O)C1=C2O. The second-order valence-electron chi connectivity index (χ2n) is 10.1. The Morgan fingerprint density at radius 1 is 1.22 bits per heavy atom. The molecule has 3 aliphatic rings. The van der Waals surface area contributed by atoms with Gasteiger partial charge in [-0.25, -0.2) is 0 Å². The van der Waals surface area contributed by atoms with E-state index in [1.165, 1.54) is 0 Å². The zero-order chi connectivity index (χ0) is 26.5. The van der Waals surface area contributed by atoms with Gasteiger partial charge in [0.05, 0.1) is 5.56 Å². The number of aliphatic hydroxyl groups excluding tert-OH is 2. The quantitative estimate of drug-likeness (QED) is 0.239. The smallest absolute Gasteiger partial charge is 0.255 e. The zero-order valence-electron chi connectivity index (χ0n) is 20.7. The maximum Gasteiger partial charge on any atom is 0.255 e. The average Bonchev–Trinajstić information content (AvgIpc) is 2.78. The minimum atomic E-state index is -2.56. The van der Waals surface area contributed by atoms with E-state index in [2.05, 4.69) is 12.2 Å². The first-order valence-electron chi connectivity index (χ1n) is 12.2. The largest absolute Gasteiger partial charge is 0.508 e. The number of anilines is 1. The zero-order valence-corrected chi connectivity index (χ0v) is 20.7. The van der Waals surface area contributed by atoms with Crippen LogP contribution in [0.2, 0.25) is 0 Å². The van der Waals surface area contributed by atoms with Gasteiger partial charge in [-0.3, -0.25) is 14.4 Å². The second-order valence-corrected chi connectivity index (χ2v) is 10.1. The normalized spacial score (nSPS) is 25.4. The molecule has 0 saturated heterocycles. The van der Waals surface area contributed by atoms with E-state index < -0.39 is 52.0 Å². The number of hydrogen-bond acceptors (Lipinski definition) is 9. The summed E-state index contributed by atoms with van der Waals surface area (Å²) in [6, 6.07) is 1.55. The summed E-state index contributed by atoms with van der Waals surface area (Å²) in [7, 11) is 3.72. The number of nitrogens with two attached hydrogens (primary N) is 1. The Labute approximate surface area is 209 Å². The van der Waals surface area contributed by atoms with Crippen LogP contribution >= 0.6 is 0 Å². The van der Waals surface area contributed by atoms with Crippen molar-refractivity contribution in [2.75, 3.05) is 25.5 Å². The van der Waals surface area contributed by atoms with Gasteiger partial charge in [0.2, 0.25) is 5.78 Å². The molecule has 7 N–H and O–H groups in total. The molecule has 0 spiro atoms. The number of Topliss-reactive ketones (excluding diaryl/α,β-unsaturated/α-hetero) is 2. The van der Waals surface area contributed by atoms with Crippen molar-refractivity contribution in [1.29, 1.82) is 0 Å². The third kappa shape index (κ3) is 3.75. The molecule has 0 aromatic heterocycles. The van der Waals surface area contributed by atoms with Crippen molar-refractivity contribution in [2.45, 2.75) is 51.2 Å². The Hall–Kier alpha value is -3.37. The lowest BCUT2D eigenvalue weighted by Gasteiger charge is -2.46. The molecule has 1 saturated carbocycles. The number of benzene rings is 1. The van der Waals surface area contributed by atoms with Crippen LogP contribution in [-0.4, -0.2) is 64.1 Å². The number of hydrogen-bond donors (Lipinski definition) is 6. The van der Waals surface area contributed by atoms with E-state index in [0.29, 0.717) is 12.1 Å². The van der Waals surface area contributed by atoms with Crippen LogP contribution in [-0.2, 0) is 27.3 Å². The van der Waals surface area contributed by atoms with E-state index >= 15 is 0 Å². The molecular weight excluding hydrogens is 466 g/mol. The van der Waals surface area contributed by atoms with Gasteiger partial charge in [-0.15, -0.1) is 0 Å². The van der Waals surface area contributed by atoms with Crippen LogP contribution in [0.25, 0.3) is 5.76 Å². The first kappa shape index (κ1) is 25.7. The Bertz CT molecular complexity index is 1220. The van der Waals surface area contributed by atoms with Crippen molar-refractivity contribution in [2.24, 2.45) is 17.6 Å². The molecule has 1 fully saturated rings. The average molecular weight is 500 g/mol. The number of phenolic OH excluding ortho intramolecular Hbond substituents is 1. The van der Waals surface area contributed by atoms with Gasteiger partial charge in [0, 0.05) is 44.2 Å². The number of primary amides is 1. The summed E-state index contributed by atoms with van der Waals surface area (Å²) in [5.74, 6) is -6.27. The molecule has 4 rings (SSSR count). The molecule has 1 unspecified atom stereocenters. The minimum absolute atomic E-state index is 0.100. The monoisotopic (exact) mass is 499 g/mol. The lowest BCUT2D eigenvalue weighted by atomic mass is 9.59. The van der Waals surface area contributed by atoms with Gasteiger partial charge in [0.15, 0.2) is 11.4 Å². The molecule has 1 aromatic carbocycles. The second kappa shape index (κ2) is 9.25. The highest BCUT2D eigenvalue weighted by Gasteiger charge is 2.60. The molecule has 0 aliphatic heterocycles. The molecule has 1 aromatic rings. The molecule has 1 amide bonds. The highest BCUT2D eigenvalue weighted by atomic mass is 16.3. The van der Waals surface area contributed by atoms with E-state index in [0.717, 1.165) is 30.6 Å². The molecule has 194 valence electrons. The number of aliphatic hydroxyl groups is 3. The Morgan fingerprint density at radius 3 is 2.53 bits per heavy atom. The maximum absolute atomic E-state index is 13.6. The molecule has 10 nitrogen and oxygen atoms in total. The highest BCUT2D eigenvalue weighted by molar-refractivity contribution is 6.22. The Morgan fingerprint density at radius 2 is 1.92 bits per heavy atom. The fourth-order valence-electron chi connectivity index (χ4n) is 5.96. The Balaban J connectivity index is 1.85. The maximum atomic E-state index is 13.6. The van der Waals surface area contributed by atoms with Crippen LogP contribution in [0.15, 0.2) is 23.0 Å². The van der Waals surface area contributed by atoms with Crippen molar-refractivity contribution in [3.05, 3.63) is 39.7 Å². The van der Waals surface area contributed by atoms with Gasteiger partial charge in [0.25, 0.3) is 5.91 Å². The van der Waals surface area contributed by atoms with Gasteiger partial charge >= 0.3 is 0 Å². The van der Waals surface area contributed by atoms with Crippen molar-refractivity contribution in [3.8, 4) is 5.75 Å². The predicted octanol–water partition coefficient (Wildman–Crippen LogP) is 1.38. The van der Waals surface area contributed by atoms with Gasteiger partial charge in [-0.2, -0.15) is 0 Å². The summed E-state index contributed by atoms with van der Waals surface area (Å²) in [5.41, 5.74) is 4.14. The van der Waals surface area contributed by atoms with Crippen LogP contribution in [0.3, 0.4) is 0 Å². The van der Waals surface area contributed by atoms with E-state index in [-0.39, 0.29) is 36.1 Å². The molecule has 0 heterocycles. The van der Waals surface area contributed by atoms with Gasteiger partial charge in [-0.05, 0) is 48.9 Å². The summed E-state index contributed by atoms with van der Waals surface area (Å²) in [4.78, 5) is 39.7. The van der Waals surface area contributed by atoms with Gasteiger partial charge in [0.1, 0.15) is 22.8 Å². The highest BCUT2D eigenvalue weighted by Crippen LogP contribution is 2.53. The van der Waals surface area contributed by atoms with Crippen LogP contribution in [0.1, 0.15) is 49.3 Å². The third-order valence-corrected chi connectivity index (χ3v) is 7.58. The van der Waals surface area contributed by atoms with Crippen molar-refractivity contribution >= 4 is 28.9 Å². The van der Waals surface area contributed by atoms with Crippen molar-refractivity contribution < 1.29 is 34.8 Å². The van der Waals surface area contributed by atoms with Crippen molar-refractivity contribution in [1.82, 2.24) is 5.32 Å². The molecular formula is C26H33N3O7. The lowest BCUT2D eigenvalue weighted by Crippen LogP contribution is -2.58. The number of nitrogens with one attached hydrogen (secondary N) is 1. The topological polar surface area (TPSA) is 173 Å². The van der Waals surface area contributed by atoms with Crippen LogP contribution in [0.4, 0.5) is 5.69 Å². The summed E-state index contributed by atoms with van der Waals surface area (Å²) >= 11 is 0. The first-order valence-corrected chi connectivity index (χ1v) is 12.2. The molecule has 0 bridgehead atoms. The van der Waals surface area contributed by atoms with E-state index in [1.807, 2.05) is 19.0 Å². The molecule has 36 heavy (non-hydrogen) atoms. The molecule has 0 radical (unpaired) electrons. The van der Waals surface area contributed by atoms with Crippen molar-refractivity contribution in [3.63, 3.8) is 0 Å². The fraction of sp³-hybridized carbons (Fsp3) is 0.500. The molecule has 3 atom stereocenters. The fourth-order valence-corrected chi connectivity index (χ4v) is 5.96. The molecule has 10 heteroatoms. The number of fused-ring (bicyclic) bond motifs is 3. The summed E-state index contributed by atoms with van der Waals surface area (Å²) < 4.78 is 0. The summed E-state index contributed by atoms with van der Waals surface area (Å²) in [6.07, 6.45) is 2.10.